The second-order valence-electron chi connectivity index (χ2n) is 7.49. The van der Waals surface area contributed by atoms with Crippen LogP contribution in [-0.2, 0) is 9.13 Å². The molecule has 10 heteroatoms. The lowest BCUT2D eigenvalue weighted by Crippen LogP contribution is -2.00. The Hall–Kier alpha value is -2.56. The third kappa shape index (κ3) is 6.72. The predicted molar refractivity (Wildman–Crippen MR) is 128 cm³/mol. The smallest absolute Gasteiger partial charge is 0.242 e. The largest absolute Gasteiger partial charge is 0.493 e. The molecule has 8 nitrogen and oxygen atoms in total. The van der Waals surface area contributed by atoms with Gasteiger partial charge in [-0.15, -0.1) is 0 Å². The van der Waals surface area contributed by atoms with Crippen LogP contribution < -0.4 is 28.0 Å². The van der Waals surface area contributed by atoms with E-state index in [2.05, 4.69) is 0 Å². The van der Waals surface area contributed by atoms with Gasteiger partial charge in [-0.05, 0) is 29.8 Å². The predicted octanol–water partition coefficient (Wildman–Crippen LogP) is 5.72. The van der Waals surface area contributed by atoms with Crippen LogP contribution in [0.15, 0.2) is 24.3 Å². The molecule has 0 aliphatic heterocycles. The number of rotatable bonds is 10. The van der Waals surface area contributed by atoms with Gasteiger partial charge in [0.2, 0.25) is 26.2 Å². The molecule has 0 aliphatic carbocycles. The van der Waals surface area contributed by atoms with Gasteiger partial charge in [0.1, 0.15) is 0 Å². The van der Waals surface area contributed by atoms with Crippen LogP contribution in [0.25, 0.3) is 12.2 Å². The van der Waals surface area contributed by atoms with Gasteiger partial charge < -0.3 is 28.0 Å². The summed E-state index contributed by atoms with van der Waals surface area (Å²) in [6.07, 6.45) is 3.56. The van der Waals surface area contributed by atoms with Crippen LogP contribution in [0.3, 0.4) is 0 Å². The Labute approximate surface area is 189 Å². The molecule has 0 N–H and O–H groups in total. The Kier molecular flexibility index (Phi) is 8.33. The van der Waals surface area contributed by atoms with E-state index in [9.17, 15) is 9.13 Å². The Morgan fingerprint density at radius 1 is 0.625 bits per heavy atom. The normalized spacial score (nSPS) is 11.9. The summed E-state index contributed by atoms with van der Waals surface area (Å²) in [6.45, 7) is 5.93. The van der Waals surface area contributed by atoms with E-state index in [4.69, 9.17) is 28.0 Å². The minimum absolute atomic E-state index is 0.136. The lowest BCUT2D eigenvalue weighted by atomic mass is 10.1. The minimum atomic E-state index is -2.98. The zero-order valence-electron chi connectivity index (χ0n) is 19.6. The second-order valence-corrected chi connectivity index (χ2v) is 12.9. The molecule has 2 aromatic carbocycles. The number of hydrogen-bond acceptors (Lipinski definition) is 8. The van der Waals surface area contributed by atoms with E-state index < -0.39 is 14.7 Å². The molecule has 0 heterocycles. The van der Waals surface area contributed by atoms with Crippen LogP contribution in [0.2, 0.25) is 0 Å². The lowest BCUT2D eigenvalue weighted by molar-refractivity contribution is 0.324. The summed E-state index contributed by atoms with van der Waals surface area (Å²) in [4.78, 5) is 0. The third-order valence-electron chi connectivity index (χ3n) is 4.09. The highest BCUT2D eigenvalue weighted by atomic mass is 31.2. The molecule has 0 atom stereocenters. The van der Waals surface area contributed by atoms with Gasteiger partial charge in [-0.3, -0.25) is 9.13 Å². The Balaban J connectivity index is 2.65. The van der Waals surface area contributed by atoms with Crippen LogP contribution in [0.5, 0.6) is 34.5 Å². The first-order chi connectivity index (χ1) is 14.9. The molecule has 0 aliphatic rings. The Morgan fingerprint density at radius 3 is 1.56 bits per heavy atom. The van der Waals surface area contributed by atoms with Crippen molar-refractivity contribution in [2.75, 3.05) is 55.1 Å². The lowest BCUT2D eigenvalue weighted by Gasteiger charge is -2.21. The average Bonchev–Trinajstić information content (AvgIpc) is 2.71. The maximum absolute atomic E-state index is 12.5. The molecule has 0 radical (unpaired) electrons. The summed E-state index contributed by atoms with van der Waals surface area (Å²) in [5, 5.41) is 0. The quantitative estimate of drug-likeness (QED) is 0.312. The van der Waals surface area contributed by atoms with Crippen molar-refractivity contribution in [1.82, 2.24) is 0 Å². The first kappa shape index (κ1) is 25.7. The van der Waals surface area contributed by atoms with Crippen molar-refractivity contribution in [3.8, 4) is 34.5 Å². The van der Waals surface area contributed by atoms with Gasteiger partial charge in [0.15, 0.2) is 23.0 Å². The molecule has 32 heavy (non-hydrogen) atoms. The fourth-order valence-electron chi connectivity index (χ4n) is 2.86. The van der Waals surface area contributed by atoms with E-state index in [0.717, 1.165) is 5.56 Å². The topological polar surface area (TPSA) is 89.5 Å². The number of ether oxygens (including phenoxy) is 4. The summed E-state index contributed by atoms with van der Waals surface area (Å²) in [6, 6.07) is 6.98. The molecule has 0 amide bonds. The van der Waals surface area contributed by atoms with E-state index in [0.29, 0.717) is 28.6 Å². The molecule has 0 fully saturated rings. The first-order valence-corrected chi connectivity index (χ1v) is 14.6. The monoisotopic (exact) mass is 484 g/mol. The Morgan fingerprint density at radius 2 is 1.12 bits per heavy atom. The molecule has 2 rings (SSSR count). The molecule has 0 saturated carbocycles. The number of methoxy groups -OCH3 is 4. The molecule has 0 saturated heterocycles. The van der Waals surface area contributed by atoms with E-state index in [1.807, 2.05) is 0 Å². The number of hydrogen-bond donors (Lipinski definition) is 0. The van der Waals surface area contributed by atoms with Crippen molar-refractivity contribution in [2.45, 2.75) is 0 Å². The summed E-state index contributed by atoms with van der Waals surface area (Å²) < 4.78 is 57.9. The molecular formula is C22H30O8P2. The van der Waals surface area contributed by atoms with E-state index in [1.54, 1.807) is 36.4 Å². The maximum Gasteiger partial charge on any atom is 0.242 e. The molecule has 0 bridgehead atoms. The van der Waals surface area contributed by atoms with Gasteiger partial charge in [-0.25, -0.2) is 0 Å². The molecular weight excluding hydrogens is 454 g/mol. The van der Waals surface area contributed by atoms with Crippen molar-refractivity contribution >= 4 is 26.9 Å². The van der Waals surface area contributed by atoms with E-state index in [-0.39, 0.29) is 11.5 Å². The van der Waals surface area contributed by atoms with Gasteiger partial charge in [-0.1, -0.05) is 12.2 Å². The second kappa shape index (κ2) is 10.4. The molecule has 2 aromatic rings. The molecule has 0 spiro atoms. The van der Waals surface area contributed by atoms with E-state index >= 15 is 0 Å². The summed E-state index contributed by atoms with van der Waals surface area (Å²) in [5.41, 5.74) is 1.32. The average molecular weight is 484 g/mol. The highest BCUT2D eigenvalue weighted by molar-refractivity contribution is 7.58. The van der Waals surface area contributed by atoms with Crippen molar-refractivity contribution in [3.63, 3.8) is 0 Å². The fraction of sp³-hybridized carbons (Fsp3) is 0.364. The van der Waals surface area contributed by atoms with Crippen LogP contribution in [0.4, 0.5) is 0 Å². The van der Waals surface area contributed by atoms with Crippen molar-refractivity contribution < 1.29 is 37.1 Å². The van der Waals surface area contributed by atoms with Gasteiger partial charge in [0.05, 0.1) is 28.4 Å². The molecule has 176 valence electrons. The highest BCUT2D eigenvalue weighted by Gasteiger charge is 2.24. The molecule has 0 unspecified atom stereocenters. The van der Waals surface area contributed by atoms with Crippen LogP contribution in [-0.4, -0.2) is 55.1 Å². The SMILES string of the molecule is COc1cc(/C=C\c2ccc(OC)c(OP(C)(C)=O)c2OP(C)(C)=O)cc(OC)c1OC. The van der Waals surface area contributed by atoms with Gasteiger partial charge in [-0.2, -0.15) is 0 Å². The summed E-state index contributed by atoms with van der Waals surface area (Å²) in [7, 11) is 0.123. The highest BCUT2D eigenvalue weighted by Crippen LogP contribution is 2.53. The fourth-order valence-corrected chi connectivity index (χ4v) is 4.10. The minimum Gasteiger partial charge on any atom is -0.493 e. The molecule has 0 aromatic heterocycles. The standard InChI is InChI=1S/C22H30O8P2/c1-25-17-12-11-16(20(29-31(5,6)23)22(17)30-32(7,8)24)10-9-15-13-18(26-2)21(28-4)19(14-15)27-3/h9-14H,1-8H3/b10-9-. The number of benzene rings is 2. The Bertz CT molecular complexity index is 1060. The van der Waals surface area contributed by atoms with Crippen molar-refractivity contribution in [2.24, 2.45) is 0 Å². The van der Waals surface area contributed by atoms with Gasteiger partial charge >= 0.3 is 0 Å². The maximum atomic E-state index is 12.5. The summed E-state index contributed by atoms with van der Waals surface area (Å²) >= 11 is 0. The van der Waals surface area contributed by atoms with Gasteiger partial charge in [0.25, 0.3) is 0 Å². The third-order valence-corrected chi connectivity index (χ3v) is 5.34. The van der Waals surface area contributed by atoms with Crippen LogP contribution in [0, 0.1) is 0 Å². The summed E-state index contributed by atoms with van der Waals surface area (Å²) in [5.74, 6) is 2.14. The van der Waals surface area contributed by atoms with Gasteiger partial charge in [0, 0.05) is 32.2 Å². The van der Waals surface area contributed by atoms with Crippen molar-refractivity contribution in [1.29, 1.82) is 0 Å². The van der Waals surface area contributed by atoms with Crippen LogP contribution >= 0.6 is 14.7 Å². The van der Waals surface area contributed by atoms with Crippen LogP contribution in [0.1, 0.15) is 11.1 Å². The van der Waals surface area contributed by atoms with E-state index in [1.165, 1.54) is 55.1 Å². The van der Waals surface area contributed by atoms with Crippen molar-refractivity contribution in [3.05, 3.63) is 35.4 Å². The first-order valence-electron chi connectivity index (χ1n) is 9.60. The zero-order valence-corrected chi connectivity index (χ0v) is 21.4. The zero-order chi connectivity index (χ0) is 24.1.